The Hall–Kier alpha value is -1.82. The zero-order valence-electron chi connectivity index (χ0n) is 12.1. The summed E-state index contributed by atoms with van der Waals surface area (Å²) in [6, 6.07) is 1.51. The molecule has 0 aliphatic rings. The Bertz CT molecular complexity index is 458. The van der Waals surface area contributed by atoms with E-state index in [-0.39, 0.29) is 22.7 Å². The molecule has 0 spiro atoms. The maximum atomic E-state index is 11.5. The molecule has 0 unspecified atom stereocenters. The summed E-state index contributed by atoms with van der Waals surface area (Å²) in [4.78, 5) is 17.6. The van der Waals surface area contributed by atoms with Crippen LogP contribution in [0.5, 0.6) is 5.88 Å². The first-order valence-electron chi connectivity index (χ1n) is 5.92. The second-order valence-electron chi connectivity index (χ2n) is 5.06. The third-order valence-corrected chi connectivity index (χ3v) is 3.13. The van der Waals surface area contributed by atoms with Crippen molar-refractivity contribution in [3.8, 4) is 5.88 Å². The van der Waals surface area contributed by atoms with Gasteiger partial charge in [-0.25, -0.2) is 9.78 Å². The van der Waals surface area contributed by atoms with Crippen molar-refractivity contribution in [1.29, 1.82) is 0 Å². The molecular weight excluding hydrogens is 246 g/mol. The minimum absolute atomic E-state index is 0.171. The van der Waals surface area contributed by atoms with Crippen LogP contribution < -0.4 is 10.5 Å². The number of methoxy groups -OCH3 is 1. The number of rotatable bonds is 5. The van der Waals surface area contributed by atoms with Gasteiger partial charge in [0.15, 0.2) is 0 Å². The van der Waals surface area contributed by atoms with E-state index in [4.69, 9.17) is 10.5 Å². The molecule has 0 atom stereocenters. The topological polar surface area (TPSA) is 77.7 Å². The van der Waals surface area contributed by atoms with Crippen LogP contribution in [-0.2, 0) is 4.74 Å². The molecule has 0 bridgehead atoms. The predicted molar refractivity (Wildman–Crippen MR) is 73.2 cm³/mol. The number of likely N-dealkylation sites (N-methyl/N-ethyl adjacent to an activating group) is 1. The molecule has 0 aliphatic heterocycles. The highest BCUT2D eigenvalue weighted by Crippen LogP contribution is 2.24. The van der Waals surface area contributed by atoms with Gasteiger partial charge in [-0.05, 0) is 34.0 Å². The van der Waals surface area contributed by atoms with Crippen molar-refractivity contribution in [2.45, 2.75) is 19.4 Å². The molecule has 0 radical (unpaired) electrons. The number of carbonyl (C=O) groups is 1. The van der Waals surface area contributed by atoms with E-state index in [1.54, 1.807) is 0 Å². The van der Waals surface area contributed by atoms with Crippen LogP contribution in [0.1, 0.15) is 24.2 Å². The molecule has 6 nitrogen and oxygen atoms in total. The minimum Gasteiger partial charge on any atom is -0.474 e. The zero-order valence-corrected chi connectivity index (χ0v) is 12.1. The first-order chi connectivity index (χ1) is 8.79. The molecule has 1 rings (SSSR count). The van der Waals surface area contributed by atoms with E-state index >= 15 is 0 Å². The number of nitrogens with two attached hydrogens (primary N) is 1. The lowest BCUT2D eigenvalue weighted by Gasteiger charge is -2.32. The average molecular weight is 267 g/mol. The minimum atomic E-state index is -0.503. The van der Waals surface area contributed by atoms with Crippen LogP contribution in [0.3, 0.4) is 0 Å². The fraction of sp³-hybridized carbons (Fsp3) is 0.538. The molecule has 6 heteroatoms. The Morgan fingerprint density at radius 1 is 1.47 bits per heavy atom. The number of hydrogen-bond donors (Lipinski definition) is 1. The van der Waals surface area contributed by atoms with E-state index in [1.807, 2.05) is 32.8 Å². The summed E-state index contributed by atoms with van der Waals surface area (Å²) in [5.74, 6) is -0.255. The SMILES string of the molecule is COC(=O)c1ccnc(OCC(C)(C)N(C)C)c1N. The standard InChI is InChI=1S/C13H21N3O3/c1-13(2,16(3)4)8-19-11-10(14)9(6-7-15-11)12(17)18-5/h6-7H,8,14H2,1-5H3. The monoisotopic (exact) mass is 267 g/mol. The summed E-state index contributed by atoms with van der Waals surface area (Å²) in [6.45, 7) is 4.47. The van der Waals surface area contributed by atoms with Gasteiger partial charge in [0.05, 0.1) is 12.7 Å². The van der Waals surface area contributed by atoms with Crippen LogP contribution in [0.4, 0.5) is 5.69 Å². The van der Waals surface area contributed by atoms with E-state index < -0.39 is 5.97 Å². The Morgan fingerprint density at radius 2 is 2.11 bits per heavy atom. The molecule has 19 heavy (non-hydrogen) atoms. The number of esters is 1. The Balaban J connectivity index is 2.89. The van der Waals surface area contributed by atoms with Crippen molar-refractivity contribution in [2.24, 2.45) is 0 Å². The molecule has 0 saturated carbocycles. The van der Waals surface area contributed by atoms with E-state index in [1.165, 1.54) is 19.4 Å². The molecule has 0 saturated heterocycles. The van der Waals surface area contributed by atoms with E-state index in [2.05, 4.69) is 9.72 Å². The summed E-state index contributed by atoms with van der Waals surface area (Å²) in [5, 5.41) is 0. The normalized spacial score (nSPS) is 11.5. The van der Waals surface area contributed by atoms with Gasteiger partial charge < -0.3 is 20.1 Å². The van der Waals surface area contributed by atoms with Crippen molar-refractivity contribution < 1.29 is 14.3 Å². The number of hydrogen-bond acceptors (Lipinski definition) is 6. The number of anilines is 1. The van der Waals surface area contributed by atoms with Crippen molar-refractivity contribution in [3.05, 3.63) is 17.8 Å². The van der Waals surface area contributed by atoms with Crippen LogP contribution >= 0.6 is 0 Å². The number of pyridine rings is 1. The Kier molecular flexibility index (Phi) is 4.72. The molecule has 0 aliphatic carbocycles. The maximum Gasteiger partial charge on any atom is 0.340 e. The molecule has 0 fully saturated rings. The van der Waals surface area contributed by atoms with Gasteiger partial charge in [0.25, 0.3) is 0 Å². The molecule has 0 aromatic carbocycles. The van der Waals surface area contributed by atoms with Gasteiger partial charge in [0, 0.05) is 11.7 Å². The molecule has 1 heterocycles. The average Bonchev–Trinajstić information content (AvgIpc) is 2.36. The van der Waals surface area contributed by atoms with E-state index in [0.29, 0.717) is 6.61 Å². The first-order valence-corrected chi connectivity index (χ1v) is 5.92. The second kappa shape index (κ2) is 5.88. The number of nitrogens with zero attached hydrogens (tertiary/aromatic N) is 2. The maximum absolute atomic E-state index is 11.5. The van der Waals surface area contributed by atoms with Crippen molar-refractivity contribution in [3.63, 3.8) is 0 Å². The van der Waals surface area contributed by atoms with Gasteiger partial charge >= 0.3 is 5.97 Å². The molecule has 1 aromatic heterocycles. The van der Waals surface area contributed by atoms with E-state index in [9.17, 15) is 4.79 Å². The fourth-order valence-corrected chi connectivity index (χ4v) is 1.23. The number of nitrogen functional groups attached to an aromatic ring is 1. The third-order valence-electron chi connectivity index (χ3n) is 3.13. The van der Waals surface area contributed by atoms with Gasteiger partial charge in [-0.2, -0.15) is 0 Å². The summed E-state index contributed by atoms with van der Waals surface area (Å²) in [6.07, 6.45) is 1.47. The second-order valence-corrected chi connectivity index (χ2v) is 5.06. The van der Waals surface area contributed by atoms with Gasteiger partial charge in [0.1, 0.15) is 12.3 Å². The van der Waals surface area contributed by atoms with Crippen molar-refractivity contribution in [2.75, 3.05) is 33.5 Å². The lowest BCUT2D eigenvalue weighted by atomic mass is 10.1. The lowest BCUT2D eigenvalue weighted by Crippen LogP contribution is -2.43. The quantitative estimate of drug-likeness (QED) is 0.807. The molecule has 106 valence electrons. The number of aromatic nitrogens is 1. The highest BCUT2D eigenvalue weighted by molar-refractivity contribution is 5.95. The Morgan fingerprint density at radius 3 is 2.63 bits per heavy atom. The Labute approximate surface area is 113 Å². The smallest absolute Gasteiger partial charge is 0.340 e. The van der Waals surface area contributed by atoms with Crippen molar-refractivity contribution >= 4 is 11.7 Å². The molecule has 0 amide bonds. The van der Waals surface area contributed by atoms with Crippen molar-refractivity contribution in [1.82, 2.24) is 9.88 Å². The van der Waals surface area contributed by atoms with Crippen LogP contribution in [0.15, 0.2) is 12.3 Å². The summed E-state index contributed by atoms with van der Waals surface area (Å²) in [5.41, 5.74) is 6.15. The highest BCUT2D eigenvalue weighted by atomic mass is 16.5. The number of ether oxygens (including phenoxy) is 2. The largest absolute Gasteiger partial charge is 0.474 e. The van der Waals surface area contributed by atoms with Gasteiger partial charge in [-0.1, -0.05) is 0 Å². The lowest BCUT2D eigenvalue weighted by molar-refractivity contribution is 0.0601. The zero-order chi connectivity index (χ0) is 14.6. The van der Waals surface area contributed by atoms with Gasteiger partial charge in [-0.15, -0.1) is 0 Å². The van der Waals surface area contributed by atoms with Gasteiger partial charge in [-0.3, -0.25) is 0 Å². The molecular formula is C13H21N3O3. The summed E-state index contributed by atoms with van der Waals surface area (Å²) < 4.78 is 10.3. The third kappa shape index (κ3) is 3.57. The summed E-state index contributed by atoms with van der Waals surface area (Å²) in [7, 11) is 5.23. The summed E-state index contributed by atoms with van der Waals surface area (Å²) >= 11 is 0. The van der Waals surface area contributed by atoms with Crippen LogP contribution in [-0.4, -0.2) is 49.2 Å². The van der Waals surface area contributed by atoms with Gasteiger partial charge in [0.2, 0.25) is 5.88 Å². The number of carbonyl (C=O) groups excluding carboxylic acids is 1. The molecule has 1 aromatic rings. The van der Waals surface area contributed by atoms with Crippen LogP contribution in [0.2, 0.25) is 0 Å². The highest BCUT2D eigenvalue weighted by Gasteiger charge is 2.23. The first kappa shape index (κ1) is 15.2. The van der Waals surface area contributed by atoms with E-state index in [0.717, 1.165) is 0 Å². The van der Waals surface area contributed by atoms with Crippen LogP contribution in [0.25, 0.3) is 0 Å². The molecule has 2 N–H and O–H groups in total. The predicted octanol–water partition coefficient (Wildman–Crippen LogP) is 1.17. The fourth-order valence-electron chi connectivity index (χ4n) is 1.23. The van der Waals surface area contributed by atoms with Crippen LogP contribution in [0, 0.1) is 0 Å².